The van der Waals surface area contributed by atoms with Gasteiger partial charge < -0.3 is 5.32 Å². The van der Waals surface area contributed by atoms with Crippen molar-refractivity contribution in [2.24, 2.45) is 0 Å². The number of nitrogens with one attached hydrogen (secondary N) is 1. The molecule has 0 aliphatic carbocycles. The van der Waals surface area contributed by atoms with Crippen LogP contribution in [0.5, 0.6) is 0 Å². The van der Waals surface area contributed by atoms with Gasteiger partial charge >= 0.3 is 0 Å². The van der Waals surface area contributed by atoms with Crippen LogP contribution in [-0.4, -0.2) is 56.1 Å². The molecule has 1 aliphatic heterocycles. The topological polar surface area (TPSA) is 35.6 Å². The lowest BCUT2D eigenvalue weighted by Crippen LogP contribution is -2.28. The van der Waals surface area contributed by atoms with Crippen LogP contribution in [0.3, 0.4) is 0 Å². The second-order valence-electron chi connectivity index (χ2n) is 3.26. The second-order valence-corrected chi connectivity index (χ2v) is 3.26. The normalized spacial score (nSPS) is 19.8. The number of likely N-dealkylation sites (N-methyl/N-ethyl adjacent to an activating group) is 1. The van der Waals surface area contributed by atoms with E-state index < -0.39 is 0 Å². The Morgan fingerprint density at radius 3 is 2.75 bits per heavy atom. The number of nitrogens with zero attached hydrogens (tertiary/aromatic N) is 2. The van der Waals surface area contributed by atoms with Gasteiger partial charge in [-0.05, 0) is 7.05 Å². The van der Waals surface area contributed by atoms with Crippen molar-refractivity contribution in [2.45, 2.75) is 6.42 Å². The first kappa shape index (κ1) is 9.48. The number of carbonyl (C=O) groups excluding carboxylic acids is 1. The molecule has 0 atom stereocenters. The van der Waals surface area contributed by atoms with Gasteiger partial charge in [-0.25, -0.2) is 0 Å². The molecule has 12 heavy (non-hydrogen) atoms. The molecule has 1 heterocycles. The summed E-state index contributed by atoms with van der Waals surface area (Å²) in [6.07, 6.45) is 0.615. The quantitative estimate of drug-likeness (QED) is 0.611. The van der Waals surface area contributed by atoms with Crippen LogP contribution in [0.15, 0.2) is 0 Å². The summed E-state index contributed by atoms with van der Waals surface area (Å²) in [5, 5.41) is 2.62. The fourth-order valence-corrected chi connectivity index (χ4v) is 1.36. The highest BCUT2D eigenvalue weighted by atomic mass is 16.1. The van der Waals surface area contributed by atoms with E-state index in [1.54, 1.807) is 7.05 Å². The van der Waals surface area contributed by atoms with Crippen molar-refractivity contribution in [1.82, 2.24) is 15.1 Å². The zero-order valence-electron chi connectivity index (χ0n) is 7.84. The largest absolute Gasteiger partial charge is 0.359 e. The van der Waals surface area contributed by atoms with E-state index in [9.17, 15) is 4.79 Å². The van der Waals surface area contributed by atoms with E-state index in [1.807, 2.05) is 0 Å². The molecule has 0 bridgehead atoms. The Bertz CT molecular complexity index is 160. The third-order valence-corrected chi connectivity index (χ3v) is 2.17. The van der Waals surface area contributed by atoms with Crippen LogP contribution in [0, 0.1) is 0 Å². The lowest BCUT2D eigenvalue weighted by atomic mass is 10.4. The minimum atomic E-state index is 0.129. The Morgan fingerprint density at radius 2 is 2.25 bits per heavy atom. The molecule has 0 aromatic heterocycles. The van der Waals surface area contributed by atoms with Crippen LogP contribution in [0.1, 0.15) is 6.42 Å². The fourth-order valence-electron chi connectivity index (χ4n) is 1.36. The van der Waals surface area contributed by atoms with Crippen LogP contribution in [0.2, 0.25) is 0 Å². The molecule has 4 nitrogen and oxygen atoms in total. The van der Waals surface area contributed by atoms with E-state index in [0.717, 1.165) is 26.3 Å². The summed E-state index contributed by atoms with van der Waals surface area (Å²) < 4.78 is 0. The Kier molecular flexibility index (Phi) is 3.49. The van der Waals surface area contributed by atoms with Crippen molar-refractivity contribution < 1.29 is 4.79 Å². The average molecular weight is 171 g/mol. The number of hydrogen-bond donors (Lipinski definition) is 1. The maximum Gasteiger partial charge on any atom is 0.221 e. The summed E-state index contributed by atoms with van der Waals surface area (Å²) in [4.78, 5) is 15.4. The molecule has 1 amide bonds. The van der Waals surface area contributed by atoms with Gasteiger partial charge in [0.1, 0.15) is 0 Å². The monoisotopic (exact) mass is 171 g/mol. The Morgan fingerprint density at radius 1 is 1.50 bits per heavy atom. The third-order valence-electron chi connectivity index (χ3n) is 2.17. The maximum atomic E-state index is 10.9. The smallest absolute Gasteiger partial charge is 0.221 e. The molecular weight excluding hydrogens is 154 g/mol. The Balaban J connectivity index is 2.11. The maximum absolute atomic E-state index is 10.9. The first-order valence-corrected chi connectivity index (χ1v) is 4.34. The molecule has 0 unspecified atom stereocenters. The highest BCUT2D eigenvalue weighted by molar-refractivity contribution is 5.75. The summed E-state index contributed by atoms with van der Waals surface area (Å²) in [6, 6.07) is 0. The van der Waals surface area contributed by atoms with E-state index in [1.165, 1.54) is 0 Å². The predicted molar refractivity (Wildman–Crippen MR) is 47.8 cm³/mol. The standard InChI is InChI=1S/C8H17N3O/c1-9-8(12)3-4-11-6-5-10(2)7-11/h3-7H2,1-2H3,(H,9,12). The molecule has 70 valence electrons. The minimum Gasteiger partial charge on any atom is -0.359 e. The molecule has 0 radical (unpaired) electrons. The Labute approximate surface area is 73.5 Å². The van der Waals surface area contributed by atoms with E-state index >= 15 is 0 Å². The van der Waals surface area contributed by atoms with Gasteiger partial charge in [0.15, 0.2) is 0 Å². The summed E-state index contributed by atoms with van der Waals surface area (Å²) in [5.41, 5.74) is 0. The molecular formula is C8H17N3O. The van der Waals surface area contributed by atoms with E-state index in [2.05, 4.69) is 22.2 Å². The first-order chi connectivity index (χ1) is 5.72. The molecule has 0 saturated carbocycles. The summed E-state index contributed by atoms with van der Waals surface area (Å²) in [6.45, 7) is 4.09. The SMILES string of the molecule is CNC(=O)CCN1CCN(C)C1. The average Bonchev–Trinajstić information content (AvgIpc) is 2.47. The van der Waals surface area contributed by atoms with Crippen molar-refractivity contribution in [3.63, 3.8) is 0 Å². The summed E-state index contributed by atoms with van der Waals surface area (Å²) in [5.74, 6) is 0.129. The zero-order valence-corrected chi connectivity index (χ0v) is 7.84. The van der Waals surface area contributed by atoms with Gasteiger partial charge in [0, 0.05) is 33.1 Å². The highest BCUT2D eigenvalue weighted by Gasteiger charge is 2.16. The van der Waals surface area contributed by atoms with Gasteiger partial charge in [-0.15, -0.1) is 0 Å². The van der Waals surface area contributed by atoms with E-state index in [4.69, 9.17) is 0 Å². The number of amides is 1. The summed E-state index contributed by atoms with van der Waals surface area (Å²) >= 11 is 0. The third kappa shape index (κ3) is 2.79. The molecule has 1 aliphatic rings. The van der Waals surface area contributed by atoms with Crippen molar-refractivity contribution in [3.05, 3.63) is 0 Å². The van der Waals surface area contributed by atoms with E-state index in [-0.39, 0.29) is 5.91 Å². The minimum absolute atomic E-state index is 0.129. The first-order valence-electron chi connectivity index (χ1n) is 4.34. The van der Waals surface area contributed by atoms with Gasteiger partial charge in [0.25, 0.3) is 0 Å². The van der Waals surface area contributed by atoms with Crippen LogP contribution >= 0.6 is 0 Å². The van der Waals surface area contributed by atoms with Crippen molar-refractivity contribution >= 4 is 5.91 Å². The van der Waals surface area contributed by atoms with Crippen molar-refractivity contribution in [1.29, 1.82) is 0 Å². The number of rotatable bonds is 3. The molecule has 0 aromatic carbocycles. The van der Waals surface area contributed by atoms with Gasteiger partial charge in [-0.3, -0.25) is 14.6 Å². The molecule has 1 saturated heterocycles. The van der Waals surface area contributed by atoms with Gasteiger partial charge in [0.05, 0.1) is 6.67 Å². The lowest BCUT2D eigenvalue weighted by molar-refractivity contribution is -0.120. The van der Waals surface area contributed by atoms with Crippen LogP contribution in [0.25, 0.3) is 0 Å². The fraction of sp³-hybridized carbons (Fsp3) is 0.875. The van der Waals surface area contributed by atoms with Crippen LogP contribution < -0.4 is 5.32 Å². The molecule has 0 aromatic rings. The van der Waals surface area contributed by atoms with Crippen molar-refractivity contribution in [2.75, 3.05) is 40.4 Å². The molecule has 1 N–H and O–H groups in total. The highest BCUT2D eigenvalue weighted by Crippen LogP contribution is 2.01. The van der Waals surface area contributed by atoms with Crippen LogP contribution in [-0.2, 0) is 4.79 Å². The van der Waals surface area contributed by atoms with E-state index in [0.29, 0.717) is 6.42 Å². The molecule has 1 rings (SSSR count). The molecule has 0 spiro atoms. The van der Waals surface area contributed by atoms with Crippen LogP contribution in [0.4, 0.5) is 0 Å². The van der Waals surface area contributed by atoms with Crippen molar-refractivity contribution in [3.8, 4) is 0 Å². The lowest BCUT2D eigenvalue weighted by Gasteiger charge is -2.14. The van der Waals surface area contributed by atoms with Gasteiger partial charge in [-0.1, -0.05) is 0 Å². The van der Waals surface area contributed by atoms with Gasteiger partial charge in [-0.2, -0.15) is 0 Å². The zero-order chi connectivity index (χ0) is 8.97. The predicted octanol–water partition coefficient (Wildman–Crippen LogP) is -0.673. The van der Waals surface area contributed by atoms with Gasteiger partial charge in [0.2, 0.25) is 5.91 Å². The molecule has 1 fully saturated rings. The molecule has 4 heteroatoms. The number of carbonyl (C=O) groups is 1. The second kappa shape index (κ2) is 4.42. The summed E-state index contributed by atoms with van der Waals surface area (Å²) in [7, 11) is 3.78. The number of hydrogen-bond acceptors (Lipinski definition) is 3. The Hall–Kier alpha value is -0.610.